The fourth-order valence-electron chi connectivity index (χ4n) is 2.32. The molecule has 0 bridgehead atoms. The number of esters is 1. The quantitative estimate of drug-likeness (QED) is 0.780. The standard InChI is InChI=1S/C16H19N3O3/c1-16(10-17,11-7-8-11)19-14(20)9-18-13-6-4-3-5-12(13)15(21)22-2/h3-6,11,18H,7-9H2,1-2H3,(H,19,20). The molecule has 2 rings (SSSR count). The Morgan fingerprint density at radius 2 is 2.09 bits per heavy atom. The third kappa shape index (κ3) is 3.55. The summed E-state index contributed by atoms with van der Waals surface area (Å²) < 4.78 is 4.70. The van der Waals surface area contributed by atoms with Gasteiger partial charge < -0.3 is 15.4 Å². The average Bonchev–Trinajstić information content (AvgIpc) is 3.37. The fourth-order valence-corrected chi connectivity index (χ4v) is 2.32. The van der Waals surface area contributed by atoms with E-state index in [1.807, 2.05) is 0 Å². The van der Waals surface area contributed by atoms with Crippen LogP contribution in [0.1, 0.15) is 30.1 Å². The van der Waals surface area contributed by atoms with E-state index in [0.717, 1.165) is 12.8 Å². The van der Waals surface area contributed by atoms with Crippen molar-refractivity contribution in [2.75, 3.05) is 19.0 Å². The molecule has 1 aromatic rings. The van der Waals surface area contributed by atoms with Crippen molar-refractivity contribution in [1.82, 2.24) is 5.32 Å². The van der Waals surface area contributed by atoms with Crippen LogP contribution in [-0.4, -0.2) is 31.1 Å². The zero-order valence-electron chi connectivity index (χ0n) is 12.7. The van der Waals surface area contributed by atoms with E-state index in [-0.39, 0.29) is 18.4 Å². The highest BCUT2D eigenvalue weighted by Crippen LogP contribution is 2.39. The molecule has 22 heavy (non-hydrogen) atoms. The number of nitrogens with zero attached hydrogens (tertiary/aromatic N) is 1. The molecular weight excluding hydrogens is 282 g/mol. The lowest BCUT2D eigenvalue weighted by Gasteiger charge is -2.23. The number of para-hydroxylation sites is 1. The van der Waals surface area contributed by atoms with Gasteiger partial charge in [0.2, 0.25) is 5.91 Å². The van der Waals surface area contributed by atoms with Crippen LogP contribution < -0.4 is 10.6 Å². The number of carbonyl (C=O) groups is 2. The van der Waals surface area contributed by atoms with E-state index < -0.39 is 11.5 Å². The minimum atomic E-state index is -0.819. The number of rotatable bonds is 6. The van der Waals surface area contributed by atoms with E-state index in [1.165, 1.54) is 7.11 Å². The maximum absolute atomic E-state index is 12.0. The van der Waals surface area contributed by atoms with Gasteiger partial charge >= 0.3 is 5.97 Å². The van der Waals surface area contributed by atoms with Gasteiger partial charge in [-0.15, -0.1) is 0 Å². The smallest absolute Gasteiger partial charge is 0.339 e. The van der Waals surface area contributed by atoms with E-state index in [0.29, 0.717) is 11.3 Å². The molecule has 6 heteroatoms. The van der Waals surface area contributed by atoms with Crippen molar-refractivity contribution in [3.05, 3.63) is 29.8 Å². The molecule has 2 N–H and O–H groups in total. The second kappa shape index (κ2) is 6.48. The third-order valence-electron chi connectivity index (χ3n) is 3.80. The van der Waals surface area contributed by atoms with E-state index in [1.54, 1.807) is 31.2 Å². The Labute approximate surface area is 129 Å². The fraction of sp³-hybridized carbons (Fsp3) is 0.438. The van der Waals surface area contributed by atoms with E-state index in [9.17, 15) is 14.9 Å². The Hall–Kier alpha value is -2.55. The van der Waals surface area contributed by atoms with Gasteiger partial charge in [-0.3, -0.25) is 4.79 Å². The molecule has 1 unspecified atom stereocenters. The number of nitrogens with one attached hydrogen (secondary N) is 2. The summed E-state index contributed by atoms with van der Waals surface area (Å²) in [6.45, 7) is 1.73. The summed E-state index contributed by atoms with van der Waals surface area (Å²) in [5, 5.41) is 14.9. The minimum Gasteiger partial charge on any atom is -0.465 e. The maximum Gasteiger partial charge on any atom is 0.339 e. The van der Waals surface area contributed by atoms with Gasteiger partial charge in [-0.25, -0.2) is 4.79 Å². The van der Waals surface area contributed by atoms with Crippen molar-refractivity contribution in [3.8, 4) is 6.07 Å². The number of amides is 1. The van der Waals surface area contributed by atoms with Crippen LogP contribution in [0.4, 0.5) is 5.69 Å². The molecule has 0 aromatic heterocycles. The zero-order chi connectivity index (χ0) is 16.2. The Kier molecular flexibility index (Phi) is 4.66. The summed E-state index contributed by atoms with van der Waals surface area (Å²) in [5.41, 5.74) is 0.0679. The first-order valence-electron chi connectivity index (χ1n) is 7.13. The van der Waals surface area contributed by atoms with Crippen LogP contribution in [0.3, 0.4) is 0 Å². The highest BCUT2D eigenvalue weighted by molar-refractivity contribution is 5.96. The topological polar surface area (TPSA) is 91.2 Å². The first-order valence-corrected chi connectivity index (χ1v) is 7.13. The van der Waals surface area contributed by atoms with Gasteiger partial charge in [0.1, 0.15) is 5.54 Å². The van der Waals surface area contributed by atoms with E-state index in [2.05, 4.69) is 16.7 Å². The lowest BCUT2D eigenvalue weighted by molar-refractivity contribution is -0.120. The first kappa shape index (κ1) is 15.8. The molecule has 1 atom stereocenters. The van der Waals surface area contributed by atoms with Crippen LogP contribution in [0, 0.1) is 17.2 Å². The van der Waals surface area contributed by atoms with Crippen LogP contribution in [-0.2, 0) is 9.53 Å². The van der Waals surface area contributed by atoms with Crippen molar-refractivity contribution >= 4 is 17.6 Å². The Balaban J connectivity index is 1.97. The summed E-state index contributed by atoms with van der Waals surface area (Å²) in [4.78, 5) is 23.7. The van der Waals surface area contributed by atoms with Crippen LogP contribution >= 0.6 is 0 Å². The second-order valence-electron chi connectivity index (χ2n) is 5.53. The average molecular weight is 301 g/mol. The number of nitriles is 1. The van der Waals surface area contributed by atoms with Crippen molar-refractivity contribution in [2.24, 2.45) is 5.92 Å². The molecule has 116 valence electrons. The zero-order valence-corrected chi connectivity index (χ0v) is 12.7. The van der Waals surface area contributed by atoms with Gasteiger partial charge in [0.15, 0.2) is 0 Å². The third-order valence-corrected chi connectivity index (χ3v) is 3.80. The van der Waals surface area contributed by atoms with Gasteiger partial charge in [0.25, 0.3) is 0 Å². The van der Waals surface area contributed by atoms with Crippen molar-refractivity contribution in [2.45, 2.75) is 25.3 Å². The van der Waals surface area contributed by atoms with Gasteiger partial charge in [0, 0.05) is 5.69 Å². The Bertz CT molecular complexity index is 619. The van der Waals surface area contributed by atoms with Gasteiger partial charge in [-0.2, -0.15) is 5.26 Å². The molecule has 0 spiro atoms. The molecule has 0 heterocycles. The van der Waals surface area contributed by atoms with Crippen molar-refractivity contribution in [3.63, 3.8) is 0 Å². The van der Waals surface area contributed by atoms with E-state index >= 15 is 0 Å². The molecule has 1 saturated carbocycles. The van der Waals surface area contributed by atoms with Crippen molar-refractivity contribution in [1.29, 1.82) is 5.26 Å². The molecule has 0 radical (unpaired) electrons. The number of ether oxygens (including phenoxy) is 1. The number of methoxy groups -OCH3 is 1. The molecule has 1 amide bonds. The SMILES string of the molecule is COC(=O)c1ccccc1NCC(=O)NC(C)(C#N)C1CC1. The lowest BCUT2D eigenvalue weighted by atomic mass is 9.98. The largest absolute Gasteiger partial charge is 0.465 e. The Morgan fingerprint density at radius 1 is 1.41 bits per heavy atom. The maximum atomic E-state index is 12.0. The van der Waals surface area contributed by atoms with Crippen LogP contribution in [0.2, 0.25) is 0 Å². The summed E-state index contributed by atoms with van der Waals surface area (Å²) >= 11 is 0. The highest BCUT2D eigenvalue weighted by atomic mass is 16.5. The molecule has 1 aliphatic rings. The monoisotopic (exact) mass is 301 g/mol. The normalized spacial score (nSPS) is 16.0. The molecule has 1 aromatic carbocycles. The van der Waals surface area contributed by atoms with Crippen LogP contribution in [0.25, 0.3) is 0 Å². The predicted molar refractivity (Wildman–Crippen MR) is 81.2 cm³/mol. The van der Waals surface area contributed by atoms with Gasteiger partial charge in [-0.1, -0.05) is 12.1 Å². The van der Waals surface area contributed by atoms with Crippen LogP contribution in [0.15, 0.2) is 24.3 Å². The number of hydrogen-bond donors (Lipinski definition) is 2. The van der Waals surface area contributed by atoms with E-state index in [4.69, 9.17) is 4.74 Å². The summed E-state index contributed by atoms with van der Waals surface area (Å²) in [7, 11) is 1.31. The first-order chi connectivity index (χ1) is 10.5. The van der Waals surface area contributed by atoms with Crippen LogP contribution in [0.5, 0.6) is 0 Å². The predicted octanol–water partition coefficient (Wildman–Crippen LogP) is 1.69. The molecular formula is C16H19N3O3. The van der Waals surface area contributed by atoms with Crippen molar-refractivity contribution < 1.29 is 14.3 Å². The summed E-state index contributed by atoms with van der Waals surface area (Å²) in [6.07, 6.45) is 1.92. The van der Waals surface area contributed by atoms with Gasteiger partial charge in [0.05, 0.1) is 25.3 Å². The number of anilines is 1. The number of carbonyl (C=O) groups excluding carboxylic acids is 2. The number of benzene rings is 1. The minimum absolute atomic E-state index is 0.0159. The highest BCUT2D eigenvalue weighted by Gasteiger charge is 2.42. The molecule has 1 aliphatic carbocycles. The molecule has 0 saturated heterocycles. The number of hydrogen-bond acceptors (Lipinski definition) is 5. The Morgan fingerprint density at radius 3 is 2.68 bits per heavy atom. The summed E-state index contributed by atoms with van der Waals surface area (Å²) in [6, 6.07) is 8.97. The molecule has 6 nitrogen and oxygen atoms in total. The van der Waals surface area contributed by atoms with Gasteiger partial charge in [-0.05, 0) is 37.8 Å². The second-order valence-corrected chi connectivity index (χ2v) is 5.53. The lowest BCUT2D eigenvalue weighted by Crippen LogP contribution is -2.48. The summed E-state index contributed by atoms with van der Waals surface area (Å²) in [5.74, 6) is -0.525. The molecule has 0 aliphatic heterocycles. The molecule has 1 fully saturated rings.